The summed E-state index contributed by atoms with van der Waals surface area (Å²) in [7, 11) is 0. The summed E-state index contributed by atoms with van der Waals surface area (Å²) in [6.07, 6.45) is 5.94. The van der Waals surface area contributed by atoms with Crippen LogP contribution in [-0.2, 0) is 9.47 Å². The molecule has 1 aromatic heterocycles. The molecule has 1 unspecified atom stereocenters. The van der Waals surface area contributed by atoms with Gasteiger partial charge < -0.3 is 19.7 Å². The second-order valence-electron chi connectivity index (χ2n) is 8.01. The number of likely N-dealkylation sites (tertiary alicyclic amines) is 1. The highest BCUT2D eigenvalue weighted by Gasteiger charge is 2.40. The van der Waals surface area contributed by atoms with Crippen molar-refractivity contribution in [3.05, 3.63) is 23.9 Å². The fourth-order valence-electron chi connectivity index (χ4n) is 4.59. The highest BCUT2D eigenvalue weighted by Crippen LogP contribution is 2.38. The number of nitrogens with one attached hydrogen (secondary N) is 1. The van der Waals surface area contributed by atoms with Gasteiger partial charge in [-0.3, -0.25) is 0 Å². The highest BCUT2D eigenvalue weighted by molar-refractivity contribution is 5.35. The van der Waals surface area contributed by atoms with E-state index in [1.807, 2.05) is 13.0 Å². The van der Waals surface area contributed by atoms with E-state index < -0.39 is 0 Å². The van der Waals surface area contributed by atoms with Crippen molar-refractivity contribution in [2.24, 2.45) is 11.8 Å². The van der Waals surface area contributed by atoms with Crippen LogP contribution in [0.1, 0.15) is 37.8 Å². The number of anilines is 1. The lowest BCUT2D eigenvalue weighted by Gasteiger charge is -2.36. The van der Waals surface area contributed by atoms with Gasteiger partial charge in [0.05, 0.1) is 13.2 Å². The van der Waals surface area contributed by atoms with E-state index in [9.17, 15) is 0 Å². The van der Waals surface area contributed by atoms with Gasteiger partial charge in [0.2, 0.25) is 0 Å². The summed E-state index contributed by atoms with van der Waals surface area (Å²) < 4.78 is 11.7. The predicted octanol–water partition coefficient (Wildman–Crippen LogP) is 3.06. The molecule has 1 aliphatic carbocycles. The van der Waals surface area contributed by atoms with Gasteiger partial charge in [0.15, 0.2) is 5.79 Å². The SMILES string of the molecule is Cc1cccc(NCC2CCN(CC3CCC4(CC3)OCCO4)C2)n1. The Hall–Kier alpha value is -1.17. The molecule has 0 aromatic carbocycles. The fourth-order valence-corrected chi connectivity index (χ4v) is 4.59. The van der Waals surface area contributed by atoms with Crippen molar-refractivity contribution in [1.29, 1.82) is 0 Å². The van der Waals surface area contributed by atoms with Crippen LogP contribution in [0.3, 0.4) is 0 Å². The molecular weight excluding hydrogens is 314 g/mol. The van der Waals surface area contributed by atoms with Crippen LogP contribution < -0.4 is 5.32 Å². The Kier molecular flexibility index (Phi) is 5.25. The third kappa shape index (κ3) is 4.33. The number of pyridine rings is 1. The molecule has 4 rings (SSSR count). The van der Waals surface area contributed by atoms with Crippen molar-refractivity contribution < 1.29 is 9.47 Å². The maximum absolute atomic E-state index is 5.85. The highest BCUT2D eigenvalue weighted by atomic mass is 16.7. The van der Waals surface area contributed by atoms with Crippen LogP contribution in [0, 0.1) is 18.8 Å². The molecule has 1 N–H and O–H groups in total. The molecule has 3 aliphatic rings. The summed E-state index contributed by atoms with van der Waals surface area (Å²) in [5.41, 5.74) is 1.07. The number of aryl methyl sites for hydroxylation is 1. The van der Waals surface area contributed by atoms with E-state index in [-0.39, 0.29) is 5.79 Å². The molecule has 138 valence electrons. The van der Waals surface area contributed by atoms with E-state index in [4.69, 9.17) is 9.47 Å². The number of ether oxygens (including phenoxy) is 2. The molecule has 1 spiro atoms. The third-order valence-electron chi connectivity index (χ3n) is 6.03. The largest absolute Gasteiger partial charge is 0.370 e. The molecule has 2 saturated heterocycles. The van der Waals surface area contributed by atoms with E-state index in [0.29, 0.717) is 0 Å². The molecule has 5 heteroatoms. The van der Waals surface area contributed by atoms with Gasteiger partial charge >= 0.3 is 0 Å². The zero-order valence-electron chi connectivity index (χ0n) is 15.4. The number of rotatable bonds is 5. The Morgan fingerprint density at radius 3 is 2.72 bits per heavy atom. The normalized spacial score (nSPS) is 27.2. The zero-order chi connectivity index (χ0) is 17.1. The van der Waals surface area contributed by atoms with Gasteiger partial charge in [0, 0.05) is 38.2 Å². The first-order chi connectivity index (χ1) is 12.2. The zero-order valence-corrected chi connectivity index (χ0v) is 15.4. The molecule has 3 fully saturated rings. The second-order valence-corrected chi connectivity index (χ2v) is 8.01. The summed E-state index contributed by atoms with van der Waals surface area (Å²) in [5, 5.41) is 3.51. The molecular formula is C20H31N3O2. The van der Waals surface area contributed by atoms with Gasteiger partial charge in [-0.2, -0.15) is 0 Å². The molecule has 3 heterocycles. The predicted molar refractivity (Wildman–Crippen MR) is 98.6 cm³/mol. The summed E-state index contributed by atoms with van der Waals surface area (Å²) in [6.45, 7) is 8.33. The topological polar surface area (TPSA) is 46.6 Å². The molecule has 25 heavy (non-hydrogen) atoms. The first-order valence-electron chi connectivity index (χ1n) is 9.89. The molecule has 0 amide bonds. The lowest BCUT2D eigenvalue weighted by atomic mass is 9.85. The molecule has 5 nitrogen and oxygen atoms in total. The van der Waals surface area contributed by atoms with E-state index in [2.05, 4.69) is 27.3 Å². The second kappa shape index (κ2) is 7.60. The van der Waals surface area contributed by atoms with E-state index in [1.54, 1.807) is 0 Å². The van der Waals surface area contributed by atoms with E-state index in [1.165, 1.54) is 38.9 Å². The van der Waals surface area contributed by atoms with Crippen molar-refractivity contribution >= 4 is 5.82 Å². The molecule has 2 aliphatic heterocycles. The van der Waals surface area contributed by atoms with Gasteiger partial charge in [-0.15, -0.1) is 0 Å². The molecule has 1 aromatic rings. The Bertz CT molecular complexity index is 564. The maximum atomic E-state index is 5.85. The van der Waals surface area contributed by atoms with Gasteiger partial charge in [-0.25, -0.2) is 4.98 Å². The smallest absolute Gasteiger partial charge is 0.168 e. The number of hydrogen-bond donors (Lipinski definition) is 1. The van der Waals surface area contributed by atoms with Gasteiger partial charge in [-0.1, -0.05) is 6.07 Å². The average Bonchev–Trinajstić information content (AvgIpc) is 3.25. The van der Waals surface area contributed by atoms with Gasteiger partial charge in [0.1, 0.15) is 5.82 Å². The van der Waals surface area contributed by atoms with Crippen LogP contribution in [-0.4, -0.2) is 55.1 Å². The third-order valence-corrected chi connectivity index (χ3v) is 6.03. The number of hydrogen-bond acceptors (Lipinski definition) is 5. The lowest BCUT2D eigenvalue weighted by molar-refractivity contribution is -0.183. The monoisotopic (exact) mass is 345 g/mol. The van der Waals surface area contributed by atoms with Crippen LogP contribution in [0.25, 0.3) is 0 Å². The standard InChI is InChI=1S/C20H31N3O2/c1-16-3-2-4-19(22-16)21-13-18-7-10-23(15-18)14-17-5-8-20(9-6-17)24-11-12-25-20/h2-4,17-18H,5-15H2,1H3,(H,21,22). The Morgan fingerprint density at radius 1 is 1.16 bits per heavy atom. The Labute approximate surface area is 151 Å². The fraction of sp³-hybridized carbons (Fsp3) is 0.750. The Morgan fingerprint density at radius 2 is 1.96 bits per heavy atom. The van der Waals surface area contributed by atoms with Crippen LogP contribution in [0.15, 0.2) is 18.2 Å². The Balaban J connectivity index is 1.18. The summed E-state index contributed by atoms with van der Waals surface area (Å²) >= 11 is 0. The minimum absolute atomic E-state index is 0.214. The molecule has 1 saturated carbocycles. The maximum Gasteiger partial charge on any atom is 0.168 e. The molecule has 0 radical (unpaired) electrons. The summed E-state index contributed by atoms with van der Waals surface area (Å²) in [6, 6.07) is 6.17. The molecule has 1 atom stereocenters. The van der Waals surface area contributed by atoms with Gasteiger partial charge in [-0.05, 0) is 56.7 Å². The van der Waals surface area contributed by atoms with Crippen molar-refractivity contribution in [1.82, 2.24) is 9.88 Å². The van der Waals surface area contributed by atoms with Gasteiger partial charge in [0.25, 0.3) is 0 Å². The van der Waals surface area contributed by atoms with Crippen molar-refractivity contribution in [2.45, 2.75) is 44.8 Å². The van der Waals surface area contributed by atoms with Crippen LogP contribution in [0.2, 0.25) is 0 Å². The minimum atomic E-state index is -0.214. The average molecular weight is 345 g/mol. The van der Waals surface area contributed by atoms with E-state index in [0.717, 1.165) is 55.9 Å². The first kappa shape index (κ1) is 17.3. The van der Waals surface area contributed by atoms with Crippen molar-refractivity contribution in [3.8, 4) is 0 Å². The lowest BCUT2D eigenvalue weighted by Crippen LogP contribution is -2.38. The van der Waals surface area contributed by atoms with Crippen molar-refractivity contribution in [3.63, 3.8) is 0 Å². The first-order valence-corrected chi connectivity index (χ1v) is 9.89. The van der Waals surface area contributed by atoms with Crippen LogP contribution in [0.4, 0.5) is 5.82 Å². The van der Waals surface area contributed by atoms with Crippen LogP contribution in [0.5, 0.6) is 0 Å². The summed E-state index contributed by atoms with van der Waals surface area (Å²) in [4.78, 5) is 7.19. The quantitative estimate of drug-likeness (QED) is 0.889. The van der Waals surface area contributed by atoms with Crippen LogP contribution >= 0.6 is 0 Å². The number of nitrogens with zero attached hydrogens (tertiary/aromatic N) is 2. The van der Waals surface area contributed by atoms with Crippen molar-refractivity contribution in [2.75, 3.05) is 44.7 Å². The summed E-state index contributed by atoms with van der Waals surface area (Å²) in [5.74, 6) is 2.34. The molecule has 0 bridgehead atoms. The number of aromatic nitrogens is 1. The minimum Gasteiger partial charge on any atom is -0.370 e. The van der Waals surface area contributed by atoms with E-state index >= 15 is 0 Å².